The van der Waals surface area contributed by atoms with E-state index in [1.165, 1.54) is 11.3 Å². The highest BCUT2D eigenvalue weighted by Crippen LogP contribution is 2.36. The Labute approximate surface area is 169 Å². The molecule has 0 aliphatic heterocycles. The first-order chi connectivity index (χ1) is 13.5. The summed E-state index contributed by atoms with van der Waals surface area (Å²) in [5.74, 6) is -0.412. The summed E-state index contributed by atoms with van der Waals surface area (Å²) in [5, 5.41) is 5.71. The summed E-state index contributed by atoms with van der Waals surface area (Å²) in [6, 6.07) is 15.5. The lowest BCUT2D eigenvalue weighted by Gasteiger charge is -2.09. The van der Waals surface area contributed by atoms with E-state index in [1.54, 1.807) is 6.92 Å². The zero-order valence-electron chi connectivity index (χ0n) is 16.2. The fourth-order valence-corrected chi connectivity index (χ4v) is 3.80. The number of ether oxygens (including phenoxy) is 1. The average Bonchev–Trinajstić information content (AvgIpc) is 3.11. The average molecular weight is 394 g/mol. The maximum absolute atomic E-state index is 12.6. The molecular weight excluding hydrogens is 370 g/mol. The highest BCUT2D eigenvalue weighted by Gasteiger charge is 2.22. The Kier molecular flexibility index (Phi) is 6.26. The normalized spacial score (nSPS) is 10.5. The number of rotatable bonds is 7. The second kappa shape index (κ2) is 8.85. The van der Waals surface area contributed by atoms with Crippen molar-refractivity contribution in [1.82, 2.24) is 0 Å². The van der Waals surface area contributed by atoms with Crippen molar-refractivity contribution in [3.63, 3.8) is 0 Å². The van der Waals surface area contributed by atoms with Crippen LogP contribution >= 0.6 is 11.3 Å². The van der Waals surface area contributed by atoms with E-state index in [-0.39, 0.29) is 18.3 Å². The quantitative estimate of drug-likeness (QED) is 0.425. The maximum atomic E-state index is 12.6. The van der Waals surface area contributed by atoms with Crippen LogP contribution in [-0.2, 0) is 4.74 Å². The second-order valence-electron chi connectivity index (χ2n) is 6.58. The molecule has 0 fully saturated rings. The van der Waals surface area contributed by atoms with E-state index >= 15 is 0 Å². The van der Waals surface area contributed by atoms with Crippen LogP contribution in [0.2, 0.25) is 0 Å². The van der Waals surface area contributed by atoms with Crippen molar-refractivity contribution in [1.29, 1.82) is 0 Å². The van der Waals surface area contributed by atoms with Crippen LogP contribution < -0.4 is 5.32 Å². The van der Waals surface area contributed by atoms with E-state index in [0.29, 0.717) is 22.7 Å². The summed E-state index contributed by atoms with van der Waals surface area (Å²) in [7, 11) is 0. The van der Waals surface area contributed by atoms with Crippen molar-refractivity contribution < 1.29 is 14.3 Å². The standard InChI is InChI=1S/C23H23NO3S/c1-4-27-23(26)21-19(17-9-5-15(2)6-10-17)14-28-22(21)24-13-20(25)18-11-7-16(3)8-12-18/h5-12,14,24H,4,13H2,1-3H3. The van der Waals surface area contributed by atoms with Crippen LogP contribution in [0, 0.1) is 13.8 Å². The molecule has 0 amide bonds. The van der Waals surface area contributed by atoms with Gasteiger partial charge in [0.1, 0.15) is 10.6 Å². The smallest absolute Gasteiger partial charge is 0.341 e. The molecule has 1 N–H and O–H groups in total. The summed E-state index contributed by atoms with van der Waals surface area (Å²) in [4.78, 5) is 25.1. The molecule has 28 heavy (non-hydrogen) atoms. The molecule has 0 aliphatic carbocycles. The number of anilines is 1. The highest BCUT2D eigenvalue weighted by molar-refractivity contribution is 7.15. The van der Waals surface area contributed by atoms with E-state index < -0.39 is 0 Å². The van der Waals surface area contributed by atoms with Crippen molar-refractivity contribution >= 4 is 28.1 Å². The Hall–Kier alpha value is -2.92. The predicted molar refractivity (Wildman–Crippen MR) is 114 cm³/mol. The van der Waals surface area contributed by atoms with Crippen LogP contribution in [0.3, 0.4) is 0 Å². The molecule has 1 heterocycles. The third-order valence-corrected chi connectivity index (χ3v) is 5.35. The Morgan fingerprint density at radius 3 is 2.18 bits per heavy atom. The van der Waals surface area contributed by atoms with Crippen LogP contribution in [0.25, 0.3) is 11.1 Å². The van der Waals surface area contributed by atoms with Gasteiger partial charge in [0.2, 0.25) is 0 Å². The minimum absolute atomic E-state index is 0.0277. The molecule has 0 radical (unpaired) electrons. The first kappa shape index (κ1) is 19.8. The van der Waals surface area contributed by atoms with Gasteiger partial charge in [0.25, 0.3) is 0 Å². The number of benzene rings is 2. The number of ketones is 1. The van der Waals surface area contributed by atoms with Crippen LogP contribution in [0.1, 0.15) is 38.8 Å². The van der Waals surface area contributed by atoms with E-state index in [0.717, 1.165) is 22.3 Å². The minimum atomic E-state index is -0.385. The maximum Gasteiger partial charge on any atom is 0.341 e. The Bertz CT molecular complexity index is 972. The molecule has 0 unspecified atom stereocenters. The van der Waals surface area contributed by atoms with Gasteiger partial charge in [0, 0.05) is 16.5 Å². The molecule has 1 aromatic heterocycles. The van der Waals surface area contributed by atoms with E-state index in [2.05, 4.69) is 5.32 Å². The molecule has 5 heteroatoms. The van der Waals surface area contributed by atoms with Crippen molar-refractivity contribution in [2.75, 3.05) is 18.5 Å². The Morgan fingerprint density at radius 1 is 0.964 bits per heavy atom. The van der Waals surface area contributed by atoms with Crippen LogP contribution in [0.4, 0.5) is 5.00 Å². The monoisotopic (exact) mass is 393 g/mol. The van der Waals surface area contributed by atoms with Gasteiger partial charge in [-0.05, 0) is 26.3 Å². The fraction of sp³-hybridized carbons (Fsp3) is 0.217. The molecule has 0 saturated heterocycles. The summed E-state index contributed by atoms with van der Waals surface area (Å²) < 4.78 is 5.26. The summed E-state index contributed by atoms with van der Waals surface area (Å²) in [6.07, 6.45) is 0. The second-order valence-corrected chi connectivity index (χ2v) is 7.46. The summed E-state index contributed by atoms with van der Waals surface area (Å²) in [5.41, 5.74) is 5.14. The molecule has 0 aliphatic rings. The number of hydrogen-bond acceptors (Lipinski definition) is 5. The number of aryl methyl sites for hydroxylation is 2. The number of esters is 1. The minimum Gasteiger partial charge on any atom is -0.462 e. The van der Waals surface area contributed by atoms with Gasteiger partial charge in [0.05, 0.1) is 13.2 Å². The molecule has 3 rings (SSSR count). The zero-order chi connectivity index (χ0) is 20.1. The van der Waals surface area contributed by atoms with Crippen molar-refractivity contribution in [3.8, 4) is 11.1 Å². The van der Waals surface area contributed by atoms with Crippen LogP contribution in [0.15, 0.2) is 53.9 Å². The number of carbonyl (C=O) groups is 2. The molecule has 0 spiro atoms. The first-order valence-electron chi connectivity index (χ1n) is 9.19. The third-order valence-electron chi connectivity index (χ3n) is 4.42. The topological polar surface area (TPSA) is 55.4 Å². The Balaban J connectivity index is 1.85. The van der Waals surface area contributed by atoms with E-state index in [9.17, 15) is 9.59 Å². The van der Waals surface area contributed by atoms with E-state index in [4.69, 9.17) is 4.74 Å². The van der Waals surface area contributed by atoms with E-state index in [1.807, 2.05) is 67.8 Å². The van der Waals surface area contributed by atoms with Crippen LogP contribution in [0.5, 0.6) is 0 Å². The van der Waals surface area contributed by atoms with Gasteiger partial charge >= 0.3 is 5.97 Å². The highest BCUT2D eigenvalue weighted by atomic mass is 32.1. The van der Waals surface area contributed by atoms with Gasteiger partial charge in [0.15, 0.2) is 5.78 Å². The van der Waals surface area contributed by atoms with Gasteiger partial charge in [-0.3, -0.25) is 4.79 Å². The fourth-order valence-electron chi connectivity index (χ4n) is 2.84. The van der Waals surface area contributed by atoms with Gasteiger partial charge in [-0.1, -0.05) is 59.7 Å². The molecule has 3 aromatic rings. The number of carbonyl (C=O) groups excluding carboxylic acids is 2. The number of Topliss-reactive ketones (excluding diaryl/α,β-unsaturated/α-hetero) is 1. The molecular formula is C23H23NO3S. The molecule has 4 nitrogen and oxygen atoms in total. The van der Waals surface area contributed by atoms with Gasteiger partial charge in [-0.15, -0.1) is 11.3 Å². The molecule has 2 aromatic carbocycles. The van der Waals surface area contributed by atoms with Crippen molar-refractivity contribution in [2.45, 2.75) is 20.8 Å². The molecule has 144 valence electrons. The molecule has 0 bridgehead atoms. The predicted octanol–water partition coefficient (Wildman–Crippen LogP) is 5.50. The third kappa shape index (κ3) is 4.49. The summed E-state index contributed by atoms with van der Waals surface area (Å²) in [6.45, 7) is 6.20. The van der Waals surface area contributed by atoms with Crippen molar-refractivity contribution in [2.24, 2.45) is 0 Å². The SMILES string of the molecule is CCOC(=O)c1c(-c2ccc(C)cc2)csc1NCC(=O)c1ccc(C)cc1. The number of thiophene rings is 1. The van der Waals surface area contributed by atoms with Gasteiger partial charge in [-0.25, -0.2) is 4.79 Å². The largest absolute Gasteiger partial charge is 0.462 e. The van der Waals surface area contributed by atoms with Gasteiger partial charge in [-0.2, -0.15) is 0 Å². The van der Waals surface area contributed by atoms with Crippen LogP contribution in [-0.4, -0.2) is 24.9 Å². The first-order valence-corrected chi connectivity index (χ1v) is 10.1. The number of hydrogen-bond donors (Lipinski definition) is 1. The number of nitrogens with one attached hydrogen (secondary N) is 1. The van der Waals surface area contributed by atoms with Gasteiger partial charge < -0.3 is 10.1 Å². The zero-order valence-corrected chi connectivity index (χ0v) is 17.1. The summed E-state index contributed by atoms with van der Waals surface area (Å²) >= 11 is 1.40. The molecule has 0 atom stereocenters. The molecule has 0 saturated carbocycles. The Morgan fingerprint density at radius 2 is 1.57 bits per heavy atom. The lowest BCUT2D eigenvalue weighted by Crippen LogP contribution is -2.15. The lowest BCUT2D eigenvalue weighted by atomic mass is 10.0. The van der Waals surface area contributed by atoms with Crippen molar-refractivity contribution in [3.05, 3.63) is 76.2 Å². The lowest BCUT2D eigenvalue weighted by molar-refractivity contribution is 0.0528.